The fraction of sp³-hybridized carbons (Fsp3) is 0.727. The Bertz CT molecular complexity index is 287. The van der Waals surface area contributed by atoms with Crippen LogP contribution in [0.2, 0.25) is 0 Å². The molecule has 0 N–H and O–H groups in total. The van der Waals surface area contributed by atoms with Gasteiger partial charge in [-0.1, -0.05) is 13.3 Å². The predicted molar refractivity (Wildman–Crippen MR) is 56.4 cm³/mol. The highest BCUT2D eigenvalue weighted by molar-refractivity contribution is 5.80. The molecular weight excluding hydrogens is 190 g/mol. The van der Waals surface area contributed by atoms with Gasteiger partial charge in [0.25, 0.3) is 0 Å². The van der Waals surface area contributed by atoms with Gasteiger partial charge >= 0.3 is 0 Å². The van der Waals surface area contributed by atoms with Crippen molar-refractivity contribution in [2.75, 3.05) is 13.6 Å². The van der Waals surface area contributed by atoms with Crippen molar-refractivity contribution in [1.29, 1.82) is 10.5 Å². The van der Waals surface area contributed by atoms with Gasteiger partial charge in [0.2, 0.25) is 5.91 Å². The molecule has 15 heavy (non-hydrogen) atoms. The summed E-state index contributed by atoms with van der Waals surface area (Å²) in [4.78, 5) is 13.2. The molecule has 4 nitrogen and oxygen atoms in total. The lowest BCUT2D eigenvalue weighted by Gasteiger charge is -2.20. The molecule has 0 rings (SSSR count). The molecular formula is C11H17N3O. The molecule has 0 saturated carbocycles. The number of rotatable bonds is 5. The number of amides is 1. The SMILES string of the molecule is CCCC(C#N)C(=O)N(C)CC(C)C#N. The molecule has 4 heteroatoms. The zero-order valence-corrected chi connectivity index (χ0v) is 9.53. The zero-order valence-electron chi connectivity index (χ0n) is 9.53. The third-order valence-electron chi connectivity index (χ3n) is 2.18. The summed E-state index contributed by atoms with van der Waals surface area (Å²) in [5.41, 5.74) is 0. The molecule has 0 aliphatic rings. The van der Waals surface area contributed by atoms with E-state index in [1.165, 1.54) is 4.90 Å². The number of carbonyl (C=O) groups excluding carboxylic acids is 1. The summed E-state index contributed by atoms with van der Waals surface area (Å²) in [5, 5.41) is 17.4. The first kappa shape index (κ1) is 13.4. The maximum Gasteiger partial charge on any atom is 0.239 e. The molecule has 0 heterocycles. The van der Waals surface area contributed by atoms with Gasteiger partial charge in [-0.15, -0.1) is 0 Å². The Hall–Kier alpha value is -1.55. The smallest absolute Gasteiger partial charge is 0.239 e. The summed E-state index contributed by atoms with van der Waals surface area (Å²) in [5.74, 6) is -0.938. The van der Waals surface area contributed by atoms with Gasteiger partial charge in [0.15, 0.2) is 0 Å². The van der Waals surface area contributed by atoms with Crippen molar-refractivity contribution in [3.8, 4) is 12.1 Å². The van der Waals surface area contributed by atoms with E-state index in [0.717, 1.165) is 6.42 Å². The van der Waals surface area contributed by atoms with E-state index in [4.69, 9.17) is 10.5 Å². The molecule has 0 spiro atoms. The van der Waals surface area contributed by atoms with Crippen molar-refractivity contribution in [3.05, 3.63) is 0 Å². The number of nitriles is 2. The van der Waals surface area contributed by atoms with Crippen molar-refractivity contribution in [1.82, 2.24) is 4.90 Å². The third-order valence-corrected chi connectivity index (χ3v) is 2.18. The predicted octanol–water partition coefficient (Wildman–Crippen LogP) is 1.54. The second-order valence-corrected chi connectivity index (χ2v) is 3.72. The van der Waals surface area contributed by atoms with Crippen LogP contribution < -0.4 is 0 Å². The molecule has 0 radical (unpaired) electrons. The van der Waals surface area contributed by atoms with E-state index in [9.17, 15) is 4.79 Å². The number of nitrogens with zero attached hydrogens (tertiary/aromatic N) is 3. The Labute approximate surface area is 91.1 Å². The van der Waals surface area contributed by atoms with Gasteiger partial charge < -0.3 is 4.90 Å². The molecule has 0 aliphatic heterocycles. The average molecular weight is 207 g/mol. The maximum absolute atomic E-state index is 11.7. The lowest BCUT2D eigenvalue weighted by Crippen LogP contribution is -2.35. The van der Waals surface area contributed by atoms with Crippen LogP contribution in [0.5, 0.6) is 0 Å². The molecule has 82 valence electrons. The quantitative estimate of drug-likeness (QED) is 0.686. The van der Waals surface area contributed by atoms with Crippen LogP contribution in [-0.4, -0.2) is 24.4 Å². The molecule has 0 bridgehead atoms. The van der Waals surface area contributed by atoms with Gasteiger partial charge in [0, 0.05) is 13.6 Å². The lowest BCUT2D eigenvalue weighted by molar-refractivity contribution is -0.132. The monoisotopic (exact) mass is 207 g/mol. The van der Waals surface area contributed by atoms with E-state index in [1.807, 2.05) is 13.0 Å². The molecule has 0 aromatic carbocycles. The summed E-state index contributed by atoms with van der Waals surface area (Å²) in [7, 11) is 1.64. The highest BCUT2D eigenvalue weighted by Crippen LogP contribution is 2.09. The Morgan fingerprint density at radius 3 is 2.40 bits per heavy atom. The Balaban J connectivity index is 4.31. The van der Waals surface area contributed by atoms with Crippen LogP contribution in [0.25, 0.3) is 0 Å². The summed E-state index contributed by atoms with van der Waals surface area (Å²) in [6.45, 7) is 4.08. The standard InChI is InChI=1S/C11H17N3O/c1-4-5-10(7-13)11(15)14(3)8-9(2)6-12/h9-10H,4-5,8H2,1-3H3. The van der Waals surface area contributed by atoms with Crippen molar-refractivity contribution < 1.29 is 4.79 Å². The Morgan fingerprint density at radius 2 is 2.00 bits per heavy atom. The number of hydrogen-bond donors (Lipinski definition) is 0. The van der Waals surface area contributed by atoms with Gasteiger partial charge in [0.1, 0.15) is 5.92 Å². The summed E-state index contributed by atoms with van der Waals surface area (Å²) >= 11 is 0. The molecule has 0 aromatic heterocycles. The molecule has 0 saturated heterocycles. The van der Waals surface area contributed by atoms with Crippen LogP contribution in [0.15, 0.2) is 0 Å². The lowest BCUT2D eigenvalue weighted by atomic mass is 10.0. The normalized spacial score (nSPS) is 13.4. The van der Waals surface area contributed by atoms with Gasteiger partial charge in [-0.25, -0.2) is 0 Å². The first-order valence-electron chi connectivity index (χ1n) is 5.11. The zero-order chi connectivity index (χ0) is 11.8. The van der Waals surface area contributed by atoms with E-state index in [1.54, 1.807) is 14.0 Å². The van der Waals surface area contributed by atoms with E-state index >= 15 is 0 Å². The third kappa shape index (κ3) is 4.46. The van der Waals surface area contributed by atoms with Crippen LogP contribution in [0, 0.1) is 34.5 Å². The highest BCUT2D eigenvalue weighted by Gasteiger charge is 2.21. The average Bonchev–Trinajstić information content (AvgIpc) is 2.24. The molecule has 1 amide bonds. The van der Waals surface area contributed by atoms with Gasteiger partial charge in [-0.3, -0.25) is 4.79 Å². The van der Waals surface area contributed by atoms with Crippen molar-refractivity contribution >= 4 is 5.91 Å². The fourth-order valence-electron chi connectivity index (χ4n) is 1.34. The van der Waals surface area contributed by atoms with Crippen molar-refractivity contribution in [2.45, 2.75) is 26.7 Å². The fourth-order valence-corrected chi connectivity index (χ4v) is 1.34. The van der Waals surface area contributed by atoms with Crippen LogP contribution in [0.3, 0.4) is 0 Å². The minimum Gasteiger partial charge on any atom is -0.343 e. The Morgan fingerprint density at radius 1 is 1.40 bits per heavy atom. The van der Waals surface area contributed by atoms with E-state index < -0.39 is 5.92 Å². The molecule has 0 fully saturated rings. The highest BCUT2D eigenvalue weighted by atomic mass is 16.2. The largest absolute Gasteiger partial charge is 0.343 e. The van der Waals surface area contributed by atoms with Gasteiger partial charge in [0.05, 0.1) is 18.1 Å². The van der Waals surface area contributed by atoms with E-state index in [-0.39, 0.29) is 11.8 Å². The maximum atomic E-state index is 11.7. The minimum absolute atomic E-state index is 0.179. The van der Waals surface area contributed by atoms with Gasteiger partial charge in [-0.05, 0) is 13.3 Å². The summed E-state index contributed by atoms with van der Waals surface area (Å²) in [6, 6.07) is 4.06. The first-order valence-corrected chi connectivity index (χ1v) is 5.11. The van der Waals surface area contributed by atoms with Gasteiger partial charge in [-0.2, -0.15) is 10.5 Å². The van der Waals surface area contributed by atoms with Crippen LogP contribution in [-0.2, 0) is 4.79 Å². The number of carbonyl (C=O) groups is 1. The molecule has 0 aliphatic carbocycles. The molecule has 2 atom stereocenters. The number of hydrogen-bond acceptors (Lipinski definition) is 3. The van der Waals surface area contributed by atoms with E-state index in [2.05, 4.69) is 6.07 Å². The summed E-state index contributed by atoms with van der Waals surface area (Å²) < 4.78 is 0. The van der Waals surface area contributed by atoms with Crippen LogP contribution in [0.1, 0.15) is 26.7 Å². The Kier molecular flexibility index (Phi) is 6.13. The van der Waals surface area contributed by atoms with Crippen molar-refractivity contribution in [2.24, 2.45) is 11.8 Å². The molecule has 0 aromatic rings. The van der Waals surface area contributed by atoms with E-state index in [0.29, 0.717) is 13.0 Å². The minimum atomic E-state index is -0.564. The van der Waals surface area contributed by atoms with Crippen LogP contribution in [0.4, 0.5) is 0 Å². The topological polar surface area (TPSA) is 67.9 Å². The van der Waals surface area contributed by atoms with Crippen molar-refractivity contribution in [3.63, 3.8) is 0 Å². The van der Waals surface area contributed by atoms with Crippen LogP contribution >= 0.6 is 0 Å². The summed E-state index contributed by atoms with van der Waals surface area (Å²) in [6.07, 6.45) is 1.40. The molecule has 2 unspecified atom stereocenters. The first-order chi connectivity index (χ1) is 7.06. The second-order valence-electron chi connectivity index (χ2n) is 3.72. The second kappa shape index (κ2) is 6.84.